The van der Waals surface area contributed by atoms with Crippen LogP contribution in [-0.4, -0.2) is 26.8 Å². The van der Waals surface area contributed by atoms with E-state index in [1.165, 1.54) is 0 Å². The zero-order chi connectivity index (χ0) is 13.3. The van der Waals surface area contributed by atoms with E-state index in [0.29, 0.717) is 18.1 Å². The molecule has 7 nitrogen and oxygen atoms in total. The Morgan fingerprint density at radius 3 is 2.83 bits per heavy atom. The van der Waals surface area contributed by atoms with Crippen molar-refractivity contribution in [2.45, 2.75) is 51.7 Å². The number of hydrogen-bond donors (Lipinski definition) is 2. The molecule has 1 fully saturated rings. The second-order valence-corrected chi connectivity index (χ2v) is 4.70. The van der Waals surface area contributed by atoms with Gasteiger partial charge in [0.15, 0.2) is 0 Å². The SMILES string of the molecule is CCn1nc(C)c([N+](=O)[O-])c1NC1CCCC1N. The van der Waals surface area contributed by atoms with Crippen LogP contribution in [0.5, 0.6) is 0 Å². The maximum Gasteiger partial charge on any atom is 0.333 e. The molecule has 0 radical (unpaired) electrons. The van der Waals surface area contributed by atoms with Crippen LogP contribution in [0.15, 0.2) is 0 Å². The van der Waals surface area contributed by atoms with E-state index in [1.54, 1.807) is 11.6 Å². The highest BCUT2D eigenvalue weighted by Gasteiger charge is 2.30. The topological polar surface area (TPSA) is 99.0 Å². The third-order valence-electron chi connectivity index (χ3n) is 3.47. The van der Waals surface area contributed by atoms with Gasteiger partial charge in [0.05, 0.1) is 4.92 Å². The predicted molar refractivity (Wildman–Crippen MR) is 68.5 cm³/mol. The molecule has 1 aromatic heterocycles. The van der Waals surface area contributed by atoms with Gasteiger partial charge in [0.2, 0.25) is 5.82 Å². The van der Waals surface area contributed by atoms with E-state index < -0.39 is 0 Å². The van der Waals surface area contributed by atoms with E-state index in [-0.39, 0.29) is 22.7 Å². The number of nitrogens with zero attached hydrogens (tertiary/aromatic N) is 3. The molecule has 1 aliphatic carbocycles. The maximum atomic E-state index is 11.1. The summed E-state index contributed by atoms with van der Waals surface area (Å²) in [4.78, 5) is 10.7. The summed E-state index contributed by atoms with van der Waals surface area (Å²) in [7, 11) is 0. The van der Waals surface area contributed by atoms with Crippen LogP contribution >= 0.6 is 0 Å². The minimum Gasteiger partial charge on any atom is -0.360 e. The predicted octanol–water partition coefficient (Wildman–Crippen LogP) is 1.41. The molecule has 2 rings (SSSR count). The van der Waals surface area contributed by atoms with Crippen LogP contribution in [0.25, 0.3) is 0 Å². The van der Waals surface area contributed by atoms with Crippen LogP contribution in [-0.2, 0) is 6.54 Å². The van der Waals surface area contributed by atoms with Crippen molar-refractivity contribution in [1.29, 1.82) is 0 Å². The number of aryl methyl sites for hydroxylation is 2. The molecule has 2 atom stereocenters. The van der Waals surface area contributed by atoms with Crippen molar-refractivity contribution in [3.05, 3.63) is 15.8 Å². The van der Waals surface area contributed by atoms with Gasteiger partial charge in [-0.1, -0.05) is 0 Å². The van der Waals surface area contributed by atoms with Gasteiger partial charge in [0.25, 0.3) is 0 Å². The van der Waals surface area contributed by atoms with E-state index in [4.69, 9.17) is 5.73 Å². The fourth-order valence-electron chi connectivity index (χ4n) is 2.51. The highest BCUT2D eigenvalue weighted by atomic mass is 16.6. The summed E-state index contributed by atoms with van der Waals surface area (Å²) in [6.45, 7) is 4.17. The van der Waals surface area contributed by atoms with Crippen molar-refractivity contribution in [2.75, 3.05) is 5.32 Å². The minimum absolute atomic E-state index is 0.0603. The molecule has 1 aromatic rings. The quantitative estimate of drug-likeness (QED) is 0.624. The van der Waals surface area contributed by atoms with Gasteiger partial charge in [0.1, 0.15) is 5.69 Å². The Hall–Kier alpha value is -1.63. The highest BCUT2D eigenvalue weighted by molar-refractivity contribution is 5.60. The average Bonchev–Trinajstić information content (AvgIpc) is 2.84. The van der Waals surface area contributed by atoms with Crippen molar-refractivity contribution >= 4 is 11.5 Å². The molecule has 2 unspecified atom stereocenters. The lowest BCUT2D eigenvalue weighted by Gasteiger charge is -2.18. The van der Waals surface area contributed by atoms with Gasteiger partial charge in [-0.15, -0.1) is 0 Å². The van der Waals surface area contributed by atoms with E-state index in [0.717, 1.165) is 19.3 Å². The number of anilines is 1. The molecule has 0 amide bonds. The van der Waals surface area contributed by atoms with Crippen LogP contribution in [0.1, 0.15) is 31.9 Å². The zero-order valence-electron chi connectivity index (χ0n) is 10.7. The Morgan fingerprint density at radius 2 is 2.33 bits per heavy atom. The maximum absolute atomic E-state index is 11.1. The van der Waals surface area contributed by atoms with Crippen LogP contribution in [0.4, 0.5) is 11.5 Å². The molecule has 0 spiro atoms. The van der Waals surface area contributed by atoms with Gasteiger partial charge in [0, 0.05) is 18.6 Å². The number of nitro groups is 1. The first-order valence-electron chi connectivity index (χ1n) is 6.28. The third-order valence-corrected chi connectivity index (χ3v) is 3.47. The lowest BCUT2D eigenvalue weighted by atomic mass is 10.2. The fourth-order valence-corrected chi connectivity index (χ4v) is 2.51. The second-order valence-electron chi connectivity index (χ2n) is 4.70. The van der Waals surface area contributed by atoms with Gasteiger partial charge in [-0.25, -0.2) is 4.68 Å². The van der Waals surface area contributed by atoms with Crippen LogP contribution in [0.2, 0.25) is 0 Å². The minimum atomic E-state index is -0.378. The summed E-state index contributed by atoms with van der Waals surface area (Å²) in [6, 6.07) is 0.162. The first kappa shape index (κ1) is 12.8. The van der Waals surface area contributed by atoms with Gasteiger partial charge in [-0.2, -0.15) is 5.10 Å². The molecular weight excluding hydrogens is 234 g/mol. The standard InChI is InChI=1S/C11H19N5O2/c1-3-15-11(10(16(17)18)7(2)14-15)13-9-6-4-5-8(9)12/h8-9,13H,3-6,12H2,1-2H3. The highest BCUT2D eigenvalue weighted by Crippen LogP contribution is 2.31. The third kappa shape index (κ3) is 2.17. The Bertz CT molecular complexity index is 457. The zero-order valence-corrected chi connectivity index (χ0v) is 10.7. The van der Waals surface area contributed by atoms with Gasteiger partial charge in [-0.3, -0.25) is 10.1 Å². The summed E-state index contributed by atoms with van der Waals surface area (Å²) >= 11 is 0. The molecule has 1 heterocycles. The second kappa shape index (κ2) is 4.93. The summed E-state index contributed by atoms with van der Waals surface area (Å²) in [5.41, 5.74) is 6.50. The number of aromatic nitrogens is 2. The van der Waals surface area contributed by atoms with E-state index in [1.807, 2.05) is 6.92 Å². The fraction of sp³-hybridized carbons (Fsp3) is 0.727. The number of nitrogens with one attached hydrogen (secondary N) is 1. The first-order valence-corrected chi connectivity index (χ1v) is 6.28. The summed E-state index contributed by atoms with van der Waals surface area (Å²) in [5, 5.41) is 18.5. The van der Waals surface area contributed by atoms with E-state index in [2.05, 4.69) is 10.4 Å². The summed E-state index contributed by atoms with van der Waals surface area (Å²) in [5.74, 6) is 0.488. The van der Waals surface area contributed by atoms with Crippen LogP contribution < -0.4 is 11.1 Å². The van der Waals surface area contributed by atoms with Crippen molar-refractivity contribution in [1.82, 2.24) is 9.78 Å². The van der Waals surface area contributed by atoms with Crippen molar-refractivity contribution in [3.63, 3.8) is 0 Å². The molecule has 7 heteroatoms. The van der Waals surface area contributed by atoms with Gasteiger partial charge < -0.3 is 11.1 Å². The molecule has 0 bridgehead atoms. The van der Waals surface area contributed by atoms with Gasteiger partial charge in [-0.05, 0) is 33.1 Å². The van der Waals surface area contributed by atoms with E-state index in [9.17, 15) is 10.1 Å². The van der Waals surface area contributed by atoms with Crippen molar-refractivity contribution in [2.24, 2.45) is 5.73 Å². The number of rotatable bonds is 4. The Labute approximate surface area is 105 Å². The van der Waals surface area contributed by atoms with Gasteiger partial charge >= 0.3 is 5.69 Å². The molecule has 0 aromatic carbocycles. The molecule has 0 aliphatic heterocycles. The smallest absolute Gasteiger partial charge is 0.333 e. The Balaban J connectivity index is 2.32. The summed E-state index contributed by atoms with van der Waals surface area (Å²) in [6.07, 6.45) is 2.98. The van der Waals surface area contributed by atoms with E-state index >= 15 is 0 Å². The molecule has 0 saturated heterocycles. The van der Waals surface area contributed by atoms with Crippen molar-refractivity contribution < 1.29 is 4.92 Å². The number of nitrogens with two attached hydrogens (primary N) is 1. The first-order chi connectivity index (χ1) is 8.54. The Morgan fingerprint density at radius 1 is 1.61 bits per heavy atom. The molecule has 1 aliphatic rings. The summed E-state index contributed by atoms with van der Waals surface area (Å²) < 4.78 is 1.64. The van der Waals surface area contributed by atoms with Crippen LogP contribution in [0, 0.1) is 17.0 Å². The molecule has 1 saturated carbocycles. The molecular formula is C11H19N5O2. The number of hydrogen-bond acceptors (Lipinski definition) is 5. The normalized spacial score (nSPS) is 23.3. The molecule has 18 heavy (non-hydrogen) atoms. The monoisotopic (exact) mass is 253 g/mol. The molecule has 100 valence electrons. The lowest BCUT2D eigenvalue weighted by molar-refractivity contribution is -0.384. The van der Waals surface area contributed by atoms with Crippen molar-refractivity contribution in [3.8, 4) is 0 Å². The Kier molecular flexibility index (Phi) is 3.51. The largest absolute Gasteiger partial charge is 0.360 e. The average molecular weight is 253 g/mol. The van der Waals surface area contributed by atoms with Crippen LogP contribution in [0.3, 0.4) is 0 Å². The molecule has 3 N–H and O–H groups in total. The lowest BCUT2D eigenvalue weighted by Crippen LogP contribution is -2.36.